The minimum atomic E-state index is -0.0237. The zero-order valence-corrected chi connectivity index (χ0v) is 21.7. The summed E-state index contributed by atoms with van der Waals surface area (Å²) in [6.45, 7) is 4.04. The molecule has 0 aliphatic heterocycles. The molecule has 5 nitrogen and oxygen atoms in total. The Morgan fingerprint density at radius 3 is 2.17 bits per heavy atom. The Morgan fingerprint density at radius 1 is 0.833 bits per heavy atom. The number of anilines is 1. The molecule has 1 aliphatic carbocycles. The average molecular weight is 497 g/mol. The van der Waals surface area contributed by atoms with Crippen LogP contribution in [-0.4, -0.2) is 26.4 Å². The Balaban J connectivity index is 1.38. The van der Waals surface area contributed by atoms with Gasteiger partial charge in [0.15, 0.2) is 11.0 Å². The van der Waals surface area contributed by atoms with Gasteiger partial charge in [-0.3, -0.25) is 9.36 Å². The number of benzene rings is 3. The molecule has 0 spiro atoms. The highest BCUT2D eigenvalue weighted by molar-refractivity contribution is 7.99. The van der Waals surface area contributed by atoms with Crippen LogP contribution in [0.2, 0.25) is 0 Å². The van der Waals surface area contributed by atoms with Crippen LogP contribution in [-0.2, 0) is 4.79 Å². The average Bonchev–Trinajstić information content (AvgIpc) is 3.35. The van der Waals surface area contributed by atoms with Crippen molar-refractivity contribution in [2.75, 3.05) is 11.1 Å². The van der Waals surface area contributed by atoms with Crippen LogP contribution in [0.1, 0.15) is 49.3 Å². The predicted octanol–water partition coefficient (Wildman–Crippen LogP) is 7.46. The molecule has 5 rings (SSSR count). The maximum absolute atomic E-state index is 12.8. The van der Waals surface area contributed by atoms with Crippen molar-refractivity contribution in [3.63, 3.8) is 0 Å². The van der Waals surface area contributed by atoms with Gasteiger partial charge in [0.05, 0.1) is 5.75 Å². The highest BCUT2D eigenvalue weighted by atomic mass is 32.2. The van der Waals surface area contributed by atoms with Crippen molar-refractivity contribution in [3.8, 4) is 22.5 Å². The van der Waals surface area contributed by atoms with Crippen LogP contribution in [0.4, 0.5) is 5.69 Å². The minimum Gasteiger partial charge on any atom is -0.325 e. The standard InChI is InChI=1S/C30H32N4OS/c1-21-10-9-11-22(2)28(21)31-27(35)20-36-30-33-32-29(34(30)26-14-7-4-8-15-26)25-18-16-24(17-19-25)23-12-5-3-6-13-23/h3,5-6,9-13,16-19,26H,4,7-8,14-15,20H2,1-2H3,(H,31,35). The third-order valence-electron chi connectivity index (χ3n) is 6.93. The molecule has 0 atom stereocenters. The van der Waals surface area contributed by atoms with Gasteiger partial charge >= 0.3 is 0 Å². The van der Waals surface area contributed by atoms with Crippen LogP contribution in [0, 0.1) is 13.8 Å². The van der Waals surface area contributed by atoms with Gasteiger partial charge in [-0.25, -0.2) is 0 Å². The van der Waals surface area contributed by atoms with E-state index < -0.39 is 0 Å². The summed E-state index contributed by atoms with van der Waals surface area (Å²) in [4.78, 5) is 12.8. The van der Waals surface area contributed by atoms with E-state index in [9.17, 15) is 4.79 Å². The fourth-order valence-electron chi connectivity index (χ4n) is 5.00. The molecule has 1 heterocycles. The summed E-state index contributed by atoms with van der Waals surface area (Å²) in [6, 6.07) is 25.4. The fraction of sp³-hybridized carbons (Fsp3) is 0.300. The van der Waals surface area contributed by atoms with E-state index in [0.29, 0.717) is 11.8 Å². The summed E-state index contributed by atoms with van der Waals surface area (Å²) in [5.74, 6) is 1.16. The molecule has 1 saturated carbocycles. The van der Waals surface area contributed by atoms with E-state index in [-0.39, 0.29) is 5.91 Å². The van der Waals surface area contributed by atoms with Crippen molar-refractivity contribution < 1.29 is 4.79 Å². The van der Waals surface area contributed by atoms with E-state index in [1.807, 2.05) is 38.1 Å². The molecule has 1 N–H and O–H groups in total. The first-order valence-electron chi connectivity index (χ1n) is 12.7. The van der Waals surface area contributed by atoms with Crippen LogP contribution < -0.4 is 5.32 Å². The molecule has 0 saturated heterocycles. The molecule has 4 aromatic rings. The third-order valence-corrected chi connectivity index (χ3v) is 7.88. The maximum atomic E-state index is 12.8. The van der Waals surface area contributed by atoms with Crippen molar-refractivity contribution >= 4 is 23.4 Å². The van der Waals surface area contributed by atoms with Crippen molar-refractivity contribution in [2.45, 2.75) is 57.1 Å². The van der Waals surface area contributed by atoms with E-state index >= 15 is 0 Å². The molecule has 6 heteroatoms. The number of para-hydroxylation sites is 1. The van der Waals surface area contributed by atoms with E-state index in [0.717, 1.165) is 46.2 Å². The van der Waals surface area contributed by atoms with E-state index in [4.69, 9.17) is 0 Å². The number of rotatable bonds is 7. The molecular weight excluding hydrogens is 464 g/mol. The number of thioether (sulfide) groups is 1. The van der Waals surface area contributed by atoms with E-state index in [2.05, 4.69) is 68.6 Å². The topological polar surface area (TPSA) is 59.8 Å². The quantitative estimate of drug-likeness (QED) is 0.270. The lowest BCUT2D eigenvalue weighted by atomic mass is 9.95. The summed E-state index contributed by atoms with van der Waals surface area (Å²) in [5.41, 5.74) is 6.47. The first-order chi connectivity index (χ1) is 17.6. The smallest absolute Gasteiger partial charge is 0.234 e. The van der Waals surface area contributed by atoms with Crippen LogP contribution in [0.15, 0.2) is 78.0 Å². The van der Waals surface area contributed by atoms with Crippen molar-refractivity contribution in [2.24, 2.45) is 0 Å². The monoisotopic (exact) mass is 496 g/mol. The second-order valence-corrected chi connectivity index (χ2v) is 10.5. The van der Waals surface area contributed by atoms with Gasteiger partial charge in [0.1, 0.15) is 0 Å². The van der Waals surface area contributed by atoms with E-state index in [1.54, 1.807) is 0 Å². The first kappa shape index (κ1) is 24.3. The second-order valence-electron chi connectivity index (χ2n) is 9.52. The van der Waals surface area contributed by atoms with Gasteiger partial charge in [0.2, 0.25) is 5.91 Å². The SMILES string of the molecule is Cc1cccc(C)c1NC(=O)CSc1nnc(-c2ccc(-c3ccccc3)cc2)n1C1CCCCC1. The Kier molecular flexibility index (Phi) is 7.52. The second kappa shape index (κ2) is 11.1. The highest BCUT2D eigenvalue weighted by Crippen LogP contribution is 2.36. The van der Waals surface area contributed by atoms with Gasteiger partial charge in [-0.1, -0.05) is 104 Å². The molecule has 184 valence electrons. The molecular formula is C30H32N4OS. The van der Waals surface area contributed by atoms with Crippen LogP contribution in [0.3, 0.4) is 0 Å². The molecule has 1 amide bonds. The van der Waals surface area contributed by atoms with Gasteiger partial charge < -0.3 is 5.32 Å². The lowest BCUT2D eigenvalue weighted by Gasteiger charge is -2.25. The number of aryl methyl sites for hydroxylation is 2. The van der Waals surface area contributed by atoms with Gasteiger partial charge in [-0.05, 0) is 48.9 Å². The molecule has 36 heavy (non-hydrogen) atoms. The summed E-state index contributed by atoms with van der Waals surface area (Å²) >= 11 is 1.47. The Morgan fingerprint density at radius 2 is 1.47 bits per heavy atom. The number of nitrogens with one attached hydrogen (secondary N) is 1. The molecule has 0 unspecified atom stereocenters. The summed E-state index contributed by atoms with van der Waals surface area (Å²) < 4.78 is 2.29. The third kappa shape index (κ3) is 5.39. The molecule has 1 aromatic heterocycles. The van der Waals surface area contributed by atoms with Crippen molar-refractivity contribution in [3.05, 3.63) is 83.9 Å². The first-order valence-corrected chi connectivity index (χ1v) is 13.7. The maximum Gasteiger partial charge on any atom is 0.234 e. The molecule has 1 aliphatic rings. The van der Waals surface area contributed by atoms with Gasteiger partial charge in [-0.15, -0.1) is 10.2 Å². The number of carbonyl (C=O) groups excluding carboxylic acids is 1. The number of amides is 1. The van der Waals surface area contributed by atoms with Gasteiger partial charge in [0, 0.05) is 17.3 Å². The normalized spacial score (nSPS) is 14.1. The largest absolute Gasteiger partial charge is 0.325 e. The number of hydrogen-bond acceptors (Lipinski definition) is 4. The van der Waals surface area contributed by atoms with E-state index in [1.165, 1.54) is 42.2 Å². The lowest BCUT2D eigenvalue weighted by molar-refractivity contribution is -0.113. The zero-order chi connectivity index (χ0) is 24.9. The Labute approximate surface area is 217 Å². The summed E-state index contributed by atoms with van der Waals surface area (Å²) in [5, 5.41) is 13.1. The highest BCUT2D eigenvalue weighted by Gasteiger charge is 2.24. The predicted molar refractivity (Wildman–Crippen MR) is 148 cm³/mol. The number of carbonyl (C=O) groups is 1. The van der Waals surface area contributed by atoms with Gasteiger partial charge in [0.25, 0.3) is 0 Å². The lowest BCUT2D eigenvalue weighted by Crippen LogP contribution is -2.18. The number of nitrogens with zero attached hydrogens (tertiary/aromatic N) is 3. The van der Waals surface area contributed by atoms with Crippen molar-refractivity contribution in [1.29, 1.82) is 0 Å². The number of hydrogen-bond donors (Lipinski definition) is 1. The Bertz CT molecular complexity index is 1300. The Hall–Kier alpha value is -3.38. The van der Waals surface area contributed by atoms with Crippen molar-refractivity contribution in [1.82, 2.24) is 14.8 Å². The summed E-state index contributed by atoms with van der Waals surface area (Å²) in [7, 11) is 0. The molecule has 0 radical (unpaired) electrons. The molecule has 0 bridgehead atoms. The zero-order valence-electron chi connectivity index (χ0n) is 20.9. The summed E-state index contributed by atoms with van der Waals surface area (Å²) in [6.07, 6.45) is 5.95. The molecule has 3 aromatic carbocycles. The van der Waals surface area contributed by atoms with Gasteiger partial charge in [-0.2, -0.15) is 0 Å². The molecule has 1 fully saturated rings. The number of aromatic nitrogens is 3. The van der Waals surface area contributed by atoms with Crippen LogP contribution >= 0.6 is 11.8 Å². The minimum absolute atomic E-state index is 0.0237. The fourth-order valence-corrected chi connectivity index (χ4v) is 5.81. The van der Waals surface area contributed by atoms with Crippen LogP contribution in [0.5, 0.6) is 0 Å². The van der Waals surface area contributed by atoms with Crippen LogP contribution in [0.25, 0.3) is 22.5 Å².